The van der Waals surface area contributed by atoms with Crippen molar-refractivity contribution < 1.29 is 40.4 Å². The van der Waals surface area contributed by atoms with Crippen molar-refractivity contribution in [3.8, 4) is 17.2 Å². The van der Waals surface area contributed by atoms with Gasteiger partial charge in [0.25, 0.3) is 0 Å². The number of halogens is 3. The Hall–Kier alpha value is -2.89. The Kier molecular flexibility index (Phi) is 10.9. The minimum Gasteiger partial charge on any atom is -0.741 e. The van der Waals surface area contributed by atoms with Gasteiger partial charge in [-0.15, -0.1) is 0 Å². The van der Waals surface area contributed by atoms with Gasteiger partial charge in [0.15, 0.2) is 31.4 Å². The van der Waals surface area contributed by atoms with Crippen LogP contribution in [0.25, 0.3) is 0 Å². The van der Waals surface area contributed by atoms with Gasteiger partial charge >= 0.3 is 5.51 Å². The molecule has 11 heteroatoms. The minimum absolute atomic E-state index is 0.358. The third-order valence-electron chi connectivity index (χ3n) is 4.35. The van der Waals surface area contributed by atoms with E-state index in [4.69, 9.17) is 27.2 Å². The molecule has 6 nitrogen and oxygen atoms in total. The highest BCUT2D eigenvalue weighted by Gasteiger charge is 2.37. The van der Waals surface area contributed by atoms with E-state index >= 15 is 0 Å². The Bertz CT molecular complexity index is 1120. The summed E-state index contributed by atoms with van der Waals surface area (Å²) in [7, 11) is -6.45. The van der Waals surface area contributed by atoms with Crippen molar-refractivity contribution >= 4 is 21.0 Å². The average molecular weight is 545 g/mol. The summed E-state index contributed by atoms with van der Waals surface area (Å²) in [6.07, 6.45) is 0. The number of ether oxygens (including phenoxy) is 3. The molecule has 0 aliphatic carbocycles. The lowest BCUT2D eigenvalue weighted by atomic mass is 10.3. The molecule has 196 valence electrons. The first-order valence-corrected chi connectivity index (χ1v) is 13.6. The molecule has 0 amide bonds. The summed E-state index contributed by atoms with van der Waals surface area (Å²) in [5.41, 5.74) is -5.65. The van der Waals surface area contributed by atoms with Crippen LogP contribution in [0.1, 0.15) is 20.8 Å². The molecular formula is C25H27F3O6S2. The first-order chi connectivity index (χ1) is 17.0. The highest BCUT2D eigenvalue weighted by Crippen LogP contribution is 2.45. The Morgan fingerprint density at radius 2 is 1.11 bits per heavy atom. The van der Waals surface area contributed by atoms with Gasteiger partial charge in [-0.2, -0.15) is 13.2 Å². The van der Waals surface area contributed by atoms with Crippen molar-refractivity contribution in [1.82, 2.24) is 0 Å². The van der Waals surface area contributed by atoms with Gasteiger partial charge in [0.2, 0.25) is 4.90 Å². The van der Waals surface area contributed by atoms with Crippen molar-refractivity contribution in [2.75, 3.05) is 19.8 Å². The maximum absolute atomic E-state index is 10.7. The van der Waals surface area contributed by atoms with Gasteiger partial charge in [-0.25, -0.2) is 8.42 Å². The number of alkyl halides is 3. The molecule has 0 aliphatic rings. The molecule has 0 fully saturated rings. The van der Waals surface area contributed by atoms with Crippen LogP contribution >= 0.6 is 0 Å². The van der Waals surface area contributed by atoms with E-state index in [2.05, 4.69) is 48.5 Å². The molecule has 0 aromatic heterocycles. The molecule has 3 rings (SSSR count). The predicted octanol–water partition coefficient (Wildman–Crippen LogP) is 6.03. The van der Waals surface area contributed by atoms with Gasteiger partial charge < -0.3 is 18.8 Å². The van der Waals surface area contributed by atoms with Crippen LogP contribution in [0.2, 0.25) is 0 Å². The molecule has 3 aromatic rings. The molecular weight excluding hydrogens is 517 g/mol. The predicted molar refractivity (Wildman–Crippen MR) is 131 cm³/mol. The Labute approximate surface area is 212 Å². The van der Waals surface area contributed by atoms with Gasteiger partial charge in [-0.3, -0.25) is 0 Å². The van der Waals surface area contributed by atoms with Crippen molar-refractivity contribution in [1.29, 1.82) is 0 Å². The fourth-order valence-corrected chi connectivity index (χ4v) is 5.25. The summed E-state index contributed by atoms with van der Waals surface area (Å²) in [4.78, 5) is 3.50. The third kappa shape index (κ3) is 8.07. The molecule has 0 atom stereocenters. The number of benzene rings is 3. The van der Waals surface area contributed by atoms with Crippen molar-refractivity contribution in [2.45, 2.75) is 41.0 Å². The highest BCUT2D eigenvalue weighted by molar-refractivity contribution is 7.97. The van der Waals surface area contributed by atoms with Crippen LogP contribution in [0, 0.1) is 0 Å². The zero-order chi connectivity index (χ0) is 26.8. The molecule has 0 bridgehead atoms. The second kappa shape index (κ2) is 13.4. The van der Waals surface area contributed by atoms with E-state index in [1.807, 2.05) is 45.0 Å². The zero-order valence-corrected chi connectivity index (χ0v) is 21.6. The van der Waals surface area contributed by atoms with Crippen molar-refractivity contribution in [3.05, 3.63) is 72.8 Å². The largest absolute Gasteiger partial charge is 0.741 e. The molecule has 0 spiro atoms. The van der Waals surface area contributed by atoms with E-state index < -0.39 is 15.6 Å². The second-order valence-electron chi connectivity index (χ2n) is 6.88. The van der Waals surface area contributed by atoms with E-state index in [0.29, 0.717) is 19.8 Å². The topological polar surface area (TPSA) is 84.9 Å². The highest BCUT2D eigenvalue weighted by atomic mass is 32.2. The van der Waals surface area contributed by atoms with E-state index in [1.54, 1.807) is 0 Å². The summed E-state index contributed by atoms with van der Waals surface area (Å²) in [5, 5.41) is 0. The number of rotatable bonds is 9. The van der Waals surface area contributed by atoms with Gasteiger partial charge in [0.1, 0.15) is 16.6 Å². The van der Waals surface area contributed by atoms with Crippen molar-refractivity contribution in [3.63, 3.8) is 0 Å². The number of hydrogen-bond donors (Lipinski definition) is 0. The monoisotopic (exact) mass is 544 g/mol. The Balaban J connectivity index is 0.000000493. The Morgan fingerprint density at radius 3 is 1.42 bits per heavy atom. The summed E-state index contributed by atoms with van der Waals surface area (Å²) in [5.74, 6) is 2.39. The summed E-state index contributed by atoms with van der Waals surface area (Å²) in [6.45, 7) is 7.73. The van der Waals surface area contributed by atoms with Crippen LogP contribution in [0.4, 0.5) is 13.2 Å². The molecule has 36 heavy (non-hydrogen) atoms. The number of hydrogen-bond acceptors (Lipinski definition) is 6. The lowest BCUT2D eigenvalue weighted by Crippen LogP contribution is -2.21. The minimum atomic E-state index is -6.09. The second-order valence-corrected chi connectivity index (χ2v) is 10.2. The third-order valence-corrected chi connectivity index (χ3v) is 7.22. The van der Waals surface area contributed by atoms with Crippen molar-refractivity contribution in [2.24, 2.45) is 0 Å². The lowest BCUT2D eigenvalue weighted by molar-refractivity contribution is -0.0517. The van der Waals surface area contributed by atoms with Crippen LogP contribution in [-0.4, -0.2) is 38.3 Å². The van der Waals surface area contributed by atoms with Crippen LogP contribution in [0.5, 0.6) is 17.2 Å². The SMILES string of the molecule is CCOc1cc(OCC)c([S+](c2ccccc2)c2ccccc2)c(OCC)c1.O=S(=O)([O-])C(F)(F)F. The molecule has 0 unspecified atom stereocenters. The van der Waals surface area contributed by atoms with Crippen LogP contribution in [0.15, 0.2) is 87.5 Å². The van der Waals surface area contributed by atoms with Crippen LogP contribution in [-0.2, 0) is 21.0 Å². The Morgan fingerprint density at radius 1 is 0.750 bits per heavy atom. The lowest BCUT2D eigenvalue weighted by Gasteiger charge is -2.17. The fraction of sp³-hybridized carbons (Fsp3) is 0.280. The van der Waals surface area contributed by atoms with Gasteiger partial charge in [-0.1, -0.05) is 36.4 Å². The summed E-state index contributed by atoms with van der Waals surface area (Å²) >= 11 is 0. The van der Waals surface area contributed by atoms with E-state index in [1.165, 1.54) is 9.79 Å². The van der Waals surface area contributed by atoms with Gasteiger partial charge in [0.05, 0.1) is 19.8 Å². The zero-order valence-electron chi connectivity index (χ0n) is 19.9. The standard InChI is InChI=1S/C24H27O3S.CHF3O3S/c1-4-25-19-17-22(26-5-2)24(23(18-19)27-6-3)28(20-13-9-7-10-14-20)21-15-11-8-12-16-21;2-1(3,4)8(5,6)7/h7-18H,4-6H2,1-3H3;(H,5,6,7)/q+1;/p-1. The van der Waals surface area contributed by atoms with Crippen LogP contribution < -0.4 is 14.2 Å². The molecule has 0 aliphatic heterocycles. The molecule has 0 heterocycles. The maximum Gasteiger partial charge on any atom is 0.485 e. The van der Waals surface area contributed by atoms with E-state index in [-0.39, 0.29) is 10.9 Å². The first kappa shape index (κ1) is 29.3. The molecule has 0 N–H and O–H groups in total. The molecule has 0 radical (unpaired) electrons. The summed E-state index contributed by atoms with van der Waals surface area (Å²) < 4.78 is 76.8. The normalized spacial score (nSPS) is 11.4. The maximum atomic E-state index is 10.7. The van der Waals surface area contributed by atoms with Crippen LogP contribution in [0.3, 0.4) is 0 Å². The molecule has 0 saturated heterocycles. The van der Waals surface area contributed by atoms with E-state index in [9.17, 15) is 13.2 Å². The quantitative estimate of drug-likeness (QED) is 0.186. The molecule has 3 aromatic carbocycles. The van der Waals surface area contributed by atoms with Gasteiger partial charge in [0, 0.05) is 12.1 Å². The summed E-state index contributed by atoms with van der Waals surface area (Å²) in [6, 6.07) is 25.0. The fourth-order valence-electron chi connectivity index (χ4n) is 3.01. The van der Waals surface area contributed by atoms with E-state index in [0.717, 1.165) is 22.1 Å². The average Bonchev–Trinajstić information content (AvgIpc) is 2.82. The van der Waals surface area contributed by atoms with Gasteiger partial charge in [-0.05, 0) is 45.0 Å². The first-order valence-electron chi connectivity index (χ1n) is 11.0. The smallest absolute Gasteiger partial charge is 0.485 e. The molecule has 0 saturated carbocycles.